The summed E-state index contributed by atoms with van der Waals surface area (Å²) >= 11 is 0. The molecule has 0 aromatic heterocycles. The molecule has 2 rings (SSSR count). The van der Waals surface area contributed by atoms with Crippen molar-refractivity contribution >= 4 is 30.7 Å². The largest absolute Gasteiger partial charge is 0.353 e. The summed E-state index contributed by atoms with van der Waals surface area (Å²) in [5, 5.41) is 6.42. The van der Waals surface area contributed by atoms with E-state index >= 15 is 0 Å². The number of piperidine rings is 2. The lowest BCUT2D eigenvalue weighted by Gasteiger charge is -2.35. The van der Waals surface area contributed by atoms with E-state index < -0.39 is 0 Å². The molecular formula is C15H31Cl2N3O. The van der Waals surface area contributed by atoms with E-state index in [9.17, 15) is 4.79 Å². The van der Waals surface area contributed by atoms with Crippen LogP contribution in [0.1, 0.15) is 46.0 Å². The highest BCUT2D eigenvalue weighted by Gasteiger charge is 2.23. The molecule has 2 aliphatic heterocycles. The lowest BCUT2D eigenvalue weighted by atomic mass is 9.98. The first-order chi connectivity index (χ1) is 9.16. The highest BCUT2D eigenvalue weighted by molar-refractivity contribution is 5.85. The maximum Gasteiger partial charge on any atom is 0.237 e. The van der Waals surface area contributed by atoms with Crippen molar-refractivity contribution in [1.82, 2.24) is 15.5 Å². The number of hydrogen-bond acceptors (Lipinski definition) is 3. The third kappa shape index (κ3) is 6.72. The Labute approximate surface area is 141 Å². The minimum absolute atomic E-state index is 0. The van der Waals surface area contributed by atoms with Gasteiger partial charge in [-0.3, -0.25) is 9.69 Å². The van der Waals surface area contributed by atoms with Crippen molar-refractivity contribution < 1.29 is 4.79 Å². The monoisotopic (exact) mass is 339 g/mol. The van der Waals surface area contributed by atoms with E-state index in [2.05, 4.69) is 29.4 Å². The molecular weight excluding hydrogens is 309 g/mol. The minimum atomic E-state index is 0. The van der Waals surface area contributed by atoms with Gasteiger partial charge in [0.25, 0.3) is 0 Å². The average Bonchev–Trinajstić information content (AvgIpc) is 2.46. The summed E-state index contributed by atoms with van der Waals surface area (Å²) in [6.07, 6.45) is 5.95. The molecule has 21 heavy (non-hydrogen) atoms. The van der Waals surface area contributed by atoms with Crippen LogP contribution < -0.4 is 10.6 Å². The molecule has 0 spiro atoms. The van der Waals surface area contributed by atoms with Gasteiger partial charge in [-0.1, -0.05) is 13.3 Å². The zero-order chi connectivity index (χ0) is 13.7. The normalized spacial score (nSPS) is 25.3. The number of rotatable bonds is 4. The molecule has 0 radical (unpaired) electrons. The second-order valence-electron chi connectivity index (χ2n) is 6.32. The van der Waals surface area contributed by atoms with Gasteiger partial charge >= 0.3 is 0 Å². The van der Waals surface area contributed by atoms with E-state index in [-0.39, 0.29) is 36.8 Å². The van der Waals surface area contributed by atoms with Gasteiger partial charge in [0.15, 0.2) is 0 Å². The summed E-state index contributed by atoms with van der Waals surface area (Å²) in [5.41, 5.74) is 0. The minimum Gasteiger partial charge on any atom is -0.353 e. The van der Waals surface area contributed by atoms with E-state index in [0.717, 1.165) is 25.4 Å². The fourth-order valence-electron chi connectivity index (χ4n) is 3.05. The molecule has 2 aliphatic rings. The van der Waals surface area contributed by atoms with E-state index in [1.165, 1.54) is 38.8 Å². The van der Waals surface area contributed by atoms with Gasteiger partial charge in [0.2, 0.25) is 5.91 Å². The predicted molar refractivity (Wildman–Crippen MR) is 92.6 cm³/mol. The zero-order valence-electron chi connectivity index (χ0n) is 13.3. The van der Waals surface area contributed by atoms with Crippen LogP contribution in [0.2, 0.25) is 0 Å². The van der Waals surface area contributed by atoms with Crippen molar-refractivity contribution in [3.63, 3.8) is 0 Å². The average molecular weight is 340 g/mol. The Hall–Kier alpha value is -0.0300. The zero-order valence-corrected chi connectivity index (χ0v) is 14.9. The number of likely N-dealkylation sites (tertiary alicyclic amines) is 1. The third-order valence-electron chi connectivity index (χ3n) is 4.64. The van der Waals surface area contributed by atoms with Crippen molar-refractivity contribution in [3.05, 3.63) is 0 Å². The van der Waals surface area contributed by atoms with Crippen LogP contribution in [0.25, 0.3) is 0 Å². The Morgan fingerprint density at radius 2 is 1.90 bits per heavy atom. The molecule has 6 heteroatoms. The summed E-state index contributed by atoms with van der Waals surface area (Å²) in [6.45, 7) is 8.69. The standard InChI is InChI=1S/C15H29N3O.2ClH/c1-12-6-9-18(10-7-12)13(2)11-17-15(19)14-5-3-4-8-16-14;;/h12-14,16H,3-11H2,1-2H3,(H,17,19);2*1H/t13?,14-;;/m1../s1. The Morgan fingerprint density at radius 1 is 1.24 bits per heavy atom. The van der Waals surface area contributed by atoms with Crippen LogP contribution in [0.5, 0.6) is 0 Å². The Morgan fingerprint density at radius 3 is 2.48 bits per heavy atom. The summed E-state index contributed by atoms with van der Waals surface area (Å²) in [7, 11) is 0. The molecule has 1 amide bonds. The summed E-state index contributed by atoms with van der Waals surface area (Å²) in [6, 6.07) is 0.502. The van der Waals surface area contributed by atoms with Crippen LogP contribution in [0.3, 0.4) is 0 Å². The third-order valence-corrected chi connectivity index (χ3v) is 4.64. The molecule has 0 saturated carbocycles. The molecule has 4 nitrogen and oxygen atoms in total. The smallest absolute Gasteiger partial charge is 0.237 e. The number of nitrogens with one attached hydrogen (secondary N) is 2. The topological polar surface area (TPSA) is 44.4 Å². The second kappa shape index (κ2) is 10.7. The maximum absolute atomic E-state index is 12.0. The summed E-state index contributed by atoms with van der Waals surface area (Å²) < 4.78 is 0. The molecule has 2 fully saturated rings. The van der Waals surface area contributed by atoms with Gasteiger partial charge < -0.3 is 10.6 Å². The van der Waals surface area contributed by atoms with Crippen LogP contribution in [0.4, 0.5) is 0 Å². The molecule has 1 unspecified atom stereocenters. The molecule has 2 atom stereocenters. The fourth-order valence-corrected chi connectivity index (χ4v) is 3.05. The van der Waals surface area contributed by atoms with Crippen LogP contribution >= 0.6 is 24.8 Å². The van der Waals surface area contributed by atoms with Gasteiger partial charge in [-0.15, -0.1) is 24.8 Å². The quantitative estimate of drug-likeness (QED) is 0.825. The maximum atomic E-state index is 12.0. The highest BCUT2D eigenvalue weighted by Crippen LogP contribution is 2.17. The number of hydrogen-bond donors (Lipinski definition) is 2. The van der Waals surface area contributed by atoms with Gasteiger partial charge in [-0.2, -0.15) is 0 Å². The van der Waals surface area contributed by atoms with E-state index in [1.54, 1.807) is 0 Å². The number of nitrogens with zero attached hydrogens (tertiary/aromatic N) is 1. The van der Waals surface area contributed by atoms with E-state index in [4.69, 9.17) is 0 Å². The summed E-state index contributed by atoms with van der Waals surface area (Å²) in [4.78, 5) is 14.6. The number of halogens is 2. The van der Waals surface area contributed by atoms with Gasteiger partial charge in [0, 0.05) is 12.6 Å². The number of carbonyl (C=O) groups is 1. The van der Waals surface area contributed by atoms with Crippen LogP contribution in [0, 0.1) is 5.92 Å². The van der Waals surface area contributed by atoms with Crippen LogP contribution in [-0.2, 0) is 4.79 Å². The number of carbonyl (C=O) groups excluding carboxylic acids is 1. The first kappa shape index (κ1) is 21.0. The molecule has 2 N–H and O–H groups in total. The van der Waals surface area contributed by atoms with Crippen LogP contribution in [0.15, 0.2) is 0 Å². The molecule has 2 saturated heterocycles. The Balaban J connectivity index is 0.00000200. The van der Waals surface area contributed by atoms with Crippen molar-refractivity contribution in [2.75, 3.05) is 26.2 Å². The number of amides is 1. The lowest BCUT2D eigenvalue weighted by Crippen LogP contribution is -2.51. The van der Waals surface area contributed by atoms with Crippen molar-refractivity contribution in [2.24, 2.45) is 5.92 Å². The van der Waals surface area contributed by atoms with Gasteiger partial charge in [-0.25, -0.2) is 0 Å². The molecule has 0 bridgehead atoms. The van der Waals surface area contributed by atoms with E-state index in [1.807, 2.05) is 0 Å². The SMILES string of the molecule is CC1CCN(C(C)CNC(=O)[C@H]2CCCCN2)CC1.Cl.Cl. The van der Waals surface area contributed by atoms with Crippen LogP contribution in [-0.4, -0.2) is 49.1 Å². The second-order valence-corrected chi connectivity index (χ2v) is 6.32. The first-order valence-electron chi connectivity index (χ1n) is 7.92. The molecule has 126 valence electrons. The highest BCUT2D eigenvalue weighted by atomic mass is 35.5. The predicted octanol–water partition coefficient (Wildman–Crippen LogP) is 2.21. The Kier molecular flexibility index (Phi) is 10.6. The first-order valence-corrected chi connectivity index (χ1v) is 7.92. The van der Waals surface area contributed by atoms with E-state index in [0.29, 0.717) is 6.04 Å². The van der Waals surface area contributed by atoms with Gasteiger partial charge in [-0.05, 0) is 58.2 Å². The van der Waals surface area contributed by atoms with Gasteiger partial charge in [0.1, 0.15) is 0 Å². The molecule has 0 aromatic rings. The fraction of sp³-hybridized carbons (Fsp3) is 0.933. The lowest BCUT2D eigenvalue weighted by molar-refractivity contribution is -0.123. The Bertz CT molecular complexity index is 291. The van der Waals surface area contributed by atoms with Gasteiger partial charge in [0.05, 0.1) is 6.04 Å². The molecule has 2 heterocycles. The van der Waals surface area contributed by atoms with Crippen molar-refractivity contribution in [2.45, 2.75) is 58.0 Å². The molecule has 0 aliphatic carbocycles. The molecule has 0 aromatic carbocycles. The van der Waals surface area contributed by atoms with Crippen molar-refractivity contribution in [1.29, 1.82) is 0 Å². The van der Waals surface area contributed by atoms with Crippen molar-refractivity contribution in [3.8, 4) is 0 Å². The summed E-state index contributed by atoms with van der Waals surface area (Å²) in [5.74, 6) is 1.06.